The van der Waals surface area contributed by atoms with Gasteiger partial charge in [0.25, 0.3) is 0 Å². The smallest absolute Gasteiger partial charge is 0.0704 e. The van der Waals surface area contributed by atoms with Crippen LogP contribution in [0.2, 0.25) is 0 Å². The lowest BCUT2D eigenvalue weighted by Crippen LogP contribution is -2.37. The van der Waals surface area contributed by atoms with Crippen LogP contribution in [0.25, 0.3) is 0 Å². The third kappa shape index (κ3) is 3.18. The molecule has 1 heterocycles. The van der Waals surface area contributed by atoms with Crippen LogP contribution in [-0.4, -0.2) is 24.8 Å². The molecule has 88 valence electrons. The zero-order valence-electron chi connectivity index (χ0n) is 10.2. The van der Waals surface area contributed by atoms with Gasteiger partial charge in [0.2, 0.25) is 0 Å². The Balaban J connectivity index is 1.64. The number of nitrogens with one attached hydrogen (secondary N) is 1. The van der Waals surface area contributed by atoms with E-state index in [1.165, 1.54) is 38.5 Å². The second-order valence-corrected chi connectivity index (χ2v) is 5.39. The van der Waals surface area contributed by atoms with Crippen LogP contribution in [0, 0.1) is 5.92 Å². The summed E-state index contributed by atoms with van der Waals surface area (Å²) in [5, 5.41) is 3.66. The zero-order valence-corrected chi connectivity index (χ0v) is 10.2. The minimum absolute atomic E-state index is 0.476. The summed E-state index contributed by atoms with van der Waals surface area (Å²) in [4.78, 5) is 0. The molecular formula is C13H25NO. The quantitative estimate of drug-likeness (QED) is 0.772. The maximum Gasteiger partial charge on any atom is 0.0704 e. The lowest BCUT2D eigenvalue weighted by molar-refractivity contribution is 0.0534. The Labute approximate surface area is 93.8 Å². The van der Waals surface area contributed by atoms with Crippen LogP contribution in [-0.2, 0) is 4.74 Å². The predicted octanol–water partition coefficient (Wildman–Crippen LogP) is 2.72. The van der Waals surface area contributed by atoms with E-state index in [1.807, 2.05) is 0 Å². The Morgan fingerprint density at radius 2 is 1.93 bits per heavy atom. The molecule has 2 nitrogen and oxygen atoms in total. The van der Waals surface area contributed by atoms with Crippen molar-refractivity contribution < 1.29 is 4.74 Å². The predicted molar refractivity (Wildman–Crippen MR) is 63.0 cm³/mol. The maximum atomic E-state index is 5.81. The van der Waals surface area contributed by atoms with Crippen molar-refractivity contribution in [2.45, 2.75) is 70.6 Å². The normalized spacial score (nSPS) is 34.8. The third-order valence-corrected chi connectivity index (χ3v) is 4.09. The lowest BCUT2D eigenvalue weighted by atomic mass is 9.99. The van der Waals surface area contributed by atoms with Gasteiger partial charge >= 0.3 is 0 Å². The number of hydrogen-bond acceptors (Lipinski definition) is 2. The molecule has 2 rings (SSSR count). The molecule has 2 aliphatic rings. The summed E-state index contributed by atoms with van der Waals surface area (Å²) in [6.45, 7) is 5.58. The van der Waals surface area contributed by atoms with Gasteiger partial charge in [-0.25, -0.2) is 0 Å². The Morgan fingerprint density at radius 1 is 1.20 bits per heavy atom. The minimum Gasteiger partial charge on any atom is -0.374 e. The highest BCUT2D eigenvalue weighted by Gasteiger charge is 2.25. The average Bonchev–Trinajstić information content (AvgIpc) is 2.84. The van der Waals surface area contributed by atoms with Crippen molar-refractivity contribution in [2.24, 2.45) is 5.92 Å². The molecule has 0 spiro atoms. The fourth-order valence-corrected chi connectivity index (χ4v) is 2.98. The second kappa shape index (κ2) is 5.31. The number of rotatable bonds is 4. The van der Waals surface area contributed by atoms with Crippen LogP contribution in [0.4, 0.5) is 0 Å². The maximum absolute atomic E-state index is 5.81. The molecule has 0 aromatic rings. The Hall–Kier alpha value is -0.0800. The van der Waals surface area contributed by atoms with E-state index < -0.39 is 0 Å². The summed E-state index contributed by atoms with van der Waals surface area (Å²) in [5.41, 5.74) is 0. The fraction of sp³-hybridized carbons (Fsp3) is 1.00. The van der Waals surface area contributed by atoms with E-state index in [9.17, 15) is 0 Å². The highest BCUT2D eigenvalue weighted by molar-refractivity contribution is 4.80. The van der Waals surface area contributed by atoms with Crippen LogP contribution >= 0.6 is 0 Å². The Morgan fingerprint density at radius 3 is 2.53 bits per heavy atom. The topological polar surface area (TPSA) is 21.3 Å². The van der Waals surface area contributed by atoms with E-state index >= 15 is 0 Å². The molecule has 1 saturated carbocycles. The molecule has 0 aromatic heterocycles. The van der Waals surface area contributed by atoms with Gasteiger partial charge in [-0.3, -0.25) is 0 Å². The standard InChI is InChI=1S/C13H25NO/c1-10-7-8-13(15-10)9-14-11(2)12-5-3-4-6-12/h10-14H,3-9H2,1-2H3/t10?,11-,13?/m1/s1. The molecule has 1 N–H and O–H groups in total. The summed E-state index contributed by atoms with van der Waals surface area (Å²) in [5.74, 6) is 0.920. The van der Waals surface area contributed by atoms with Crippen molar-refractivity contribution in [3.05, 3.63) is 0 Å². The second-order valence-electron chi connectivity index (χ2n) is 5.39. The number of hydrogen-bond donors (Lipinski definition) is 1. The average molecular weight is 211 g/mol. The molecule has 2 fully saturated rings. The largest absolute Gasteiger partial charge is 0.374 e. The Kier molecular flexibility index (Phi) is 4.04. The zero-order chi connectivity index (χ0) is 10.7. The van der Waals surface area contributed by atoms with Crippen molar-refractivity contribution in [2.75, 3.05) is 6.54 Å². The first-order valence-corrected chi connectivity index (χ1v) is 6.64. The molecule has 0 amide bonds. The van der Waals surface area contributed by atoms with Gasteiger partial charge in [0.15, 0.2) is 0 Å². The van der Waals surface area contributed by atoms with Gasteiger partial charge in [-0.15, -0.1) is 0 Å². The SMILES string of the molecule is CC1CCC(CN[C@H](C)C2CCCC2)O1. The summed E-state index contributed by atoms with van der Waals surface area (Å²) >= 11 is 0. The van der Waals surface area contributed by atoms with Gasteiger partial charge in [0.05, 0.1) is 12.2 Å². The molecule has 15 heavy (non-hydrogen) atoms. The van der Waals surface area contributed by atoms with Gasteiger partial charge in [0, 0.05) is 12.6 Å². The summed E-state index contributed by atoms with van der Waals surface area (Å²) in [6.07, 6.45) is 9.17. The van der Waals surface area contributed by atoms with E-state index in [1.54, 1.807) is 0 Å². The Bertz CT molecular complexity index is 189. The van der Waals surface area contributed by atoms with Crippen LogP contribution in [0.3, 0.4) is 0 Å². The number of ether oxygens (including phenoxy) is 1. The fourth-order valence-electron chi connectivity index (χ4n) is 2.98. The molecule has 0 aromatic carbocycles. The van der Waals surface area contributed by atoms with Gasteiger partial charge < -0.3 is 10.1 Å². The lowest BCUT2D eigenvalue weighted by Gasteiger charge is -2.22. The molecule has 2 unspecified atom stereocenters. The van der Waals surface area contributed by atoms with Gasteiger partial charge in [-0.1, -0.05) is 12.8 Å². The first-order valence-electron chi connectivity index (χ1n) is 6.64. The molecule has 0 bridgehead atoms. The third-order valence-electron chi connectivity index (χ3n) is 4.09. The summed E-state index contributed by atoms with van der Waals surface area (Å²) in [6, 6.07) is 0.687. The molecule has 3 atom stereocenters. The van der Waals surface area contributed by atoms with E-state index in [4.69, 9.17) is 4.74 Å². The van der Waals surface area contributed by atoms with E-state index in [2.05, 4.69) is 19.2 Å². The van der Waals surface area contributed by atoms with Crippen molar-refractivity contribution in [1.29, 1.82) is 0 Å². The summed E-state index contributed by atoms with van der Waals surface area (Å²) in [7, 11) is 0. The molecule has 1 saturated heterocycles. The first kappa shape index (κ1) is 11.4. The van der Waals surface area contributed by atoms with Crippen LogP contribution in [0.15, 0.2) is 0 Å². The minimum atomic E-state index is 0.476. The molecule has 1 aliphatic heterocycles. The van der Waals surface area contributed by atoms with Gasteiger partial charge in [-0.2, -0.15) is 0 Å². The first-order chi connectivity index (χ1) is 7.25. The molecular weight excluding hydrogens is 186 g/mol. The van der Waals surface area contributed by atoms with Crippen LogP contribution < -0.4 is 5.32 Å². The summed E-state index contributed by atoms with van der Waals surface area (Å²) < 4.78 is 5.81. The van der Waals surface area contributed by atoms with Crippen molar-refractivity contribution in [3.63, 3.8) is 0 Å². The molecule has 1 aliphatic carbocycles. The van der Waals surface area contributed by atoms with Crippen LogP contribution in [0.5, 0.6) is 0 Å². The molecule has 0 radical (unpaired) electrons. The van der Waals surface area contributed by atoms with Crippen molar-refractivity contribution in [3.8, 4) is 0 Å². The van der Waals surface area contributed by atoms with Gasteiger partial charge in [-0.05, 0) is 45.4 Å². The van der Waals surface area contributed by atoms with Crippen LogP contribution in [0.1, 0.15) is 52.4 Å². The van der Waals surface area contributed by atoms with Crippen molar-refractivity contribution >= 4 is 0 Å². The monoisotopic (exact) mass is 211 g/mol. The highest BCUT2D eigenvalue weighted by atomic mass is 16.5. The van der Waals surface area contributed by atoms with Crippen molar-refractivity contribution in [1.82, 2.24) is 5.32 Å². The van der Waals surface area contributed by atoms with E-state index in [-0.39, 0.29) is 0 Å². The van der Waals surface area contributed by atoms with Gasteiger partial charge in [0.1, 0.15) is 0 Å². The molecule has 2 heteroatoms. The highest BCUT2D eigenvalue weighted by Crippen LogP contribution is 2.27. The van der Waals surface area contributed by atoms with E-state index in [0.717, 1.165) is 12.5 Å². The van der Waals surface area contributed by atoms with E-state index in [0.29, 0.717) is 18.2 Å².